The van der Waals surface area contributed by atoms with Crippen molar-refractivity contribution in [3.8, 4) is 28.2 Å². The van der Waals surface area contributed by atoms with Gasteiger partial charge in [-0.1, -0.05) is 47.5 Å². The van der Waals surface area contributed by atoms with E-state index < -0.39 is 11.4 Å². The number of hydrogen-bond donors (Lipinski definition) is 1. The van der Waals surface area contributed by atoms with Gasteiger partial charge in [0.25, 0.3) is 0 Å². The van der Waals surface area contributed by atoms with E-state index in [1.807, 2.05) is 0 Å². The minimum atomic E-state index is -1.08. The zero-order chi connectivity index (χ0) is 21.4. The van der Waals surface area contributed by atoms with Gasteiger partial charge in [0.2, 0.25) is 5.43 Å². The highest BCUT2D eigenvalue weighted by Gasteiger charge is 2.23. The standard InChI is InChI=1S/C23H14Cl2O5/c1-2-7-29-21-11-20-15(9-17(21)25)22(12-5-3-4-6-13(12)23(27)28)14-8-16(24)18(26)10-19(14)30-20/h2-11H,1H3,(H,27,28)/b7-2+. The van der Waals surface area contributed by atoms with Gasteiger partial charge in [-0.3, -0.25) is 4.79 Å². The molecule has 0 atom stereocenters. The molecule has 1 aliphatic carbocycles. The van der Waals surface area contributed by atoms with Crippen LogP contribution in [0.4, 0.5) is 0 Å². The number of hydrogen-bond acceptors (Lipinski definition) is 4. The normalized spacial score (nSPS) is 11.4. The summed E-state index contributed by atoms with van der Waals surface area (Å²) in [5, 5.41) is 10.6. The van der Waals surface area contributed by atoms with E-state index in [0.717, 1.165) is 0 Å². The smallest absolute Gasteiger partial charge is 0.336 e. The third-order valence-electron chi connectivity index (χ3n) is 4.58. The predicted molar refractivity (Wildman–Crippen MR) is 117 cm³/mol. The number of carbonyl (C=O) groups is 1. The van der Waals surface area contributed by atoms with Crippen molar-refractivity contribution >= 4 is 40.1 Å². The van der Waals surface area contributed by atoms with Crippen molar-refractivity contribution in [1.29, 1.82) is 0 Å². The van der Waals surface area contributed by atoms with Gasteiger partial charge in [0, 0.05) is 28.6 Å². The van der Waals surface area contributed by atoms with E-state index >= 15 is 0 Å². The molecule has 2 aromatic rings. The Morgan fingerprint density at radius 1 is 1.07 bits per heavy atom. The van der Waals surface area contributed by atoms with Crippen molar-refractivity contribution in [3.63, 3.8) is 0 Å². The summed E-state index contributed by atoms with van der Waals surface area (Å²) >= 11 is 12.5. The molecule has 0 fully saturated rings. The average Bonchev–Trinajstić information content (AvgIpc) is 2.72. The molecule has 4 rings (SSSR count). The summed E-state index contributed by atoms with van der Waals surface area (Å²) in [5.41, 5.74) is 1.57. The third-order valence-corrected chi connectivity index (χ3v) is 5.18. The van der Waals surface area contributed by atoms with Gasteiger partial charge in [0.15, 0.2) is 0 Å². The summed E-state index contributed by atoms with van der Waals surface area (Å²) in [4.78, 5) is 24.0. The first-order chi connectivity index (χ1) is 14.4. The average molecular weight is 441 g/mol. The molecule has 1 N–H and O–H groups in total. The maximum atomic E-state index is 12.1. The van der Waals surface area contributed by atoms with E-state index in [9.17, 15) is 14.7 Å². The van der Waals surface area contributed by atoms with Crippen molar-refractivity contribution in [2.24, 2.45) is 0 Å². The molecule has 2 aromatic carbocycles. The van der Waals surface area contributed by atoms with Crippen LogP contribution in [-0.4, -0.2) is 11.1 Å². The number of fused-ring (bicyclic) bond motifs is 2. The fourth-order valence-corrected chi connectivity index (χ4v) is 3.67. The zero-order valence-electron chi connectivity index (χ0n) is 15.6. The molecule has 0 saturated carbocycles. The Labute approximate surface area is 181 Å². The lowest BCUT2D eigenvalue weighted by molar-refractivity contribution is 0.0697. The SMILES string of the molecule is C/C=C/Oc1cc2oc3cc(=O)c(Cl)cc-3c(-c3ccccc3C(=O)O)c2cc1Cl. The molecule has 2 aliphatic rings. The fourth-order valence-electron chi connectivity index (χ4n) is 3.30. The van der Waals surface area contributed by atoms with E-state index in [0.29, 0.717) is 38.4 Å². The molecule has 0 spiro atoms. The van der Waals surface area contributed by atoms with Crippen LogP contribution in [0.1, 0.15) is 17.3 Å². The molecule has 1 aliphatic heterocycles. The Hall–Kier alpha value is -3.28. The maximum Gasteiger partial charge on any atom is 0.336 e. The predicted octanol–water partition coefficient (Wildman–Crippen LogP) is 6.48. The van der Waals surface area contributed by atoms with Crippen LogP contribution in [0.5, 0.6) is 5.75 Å². The van der Waals surface area contributed by atoms with Gasteiger partial charge >= 0.3 is 5.97 Å². The first kappa shape index (κ1) is 20.0. The third kappa shape index (κ3) is 3.43. The topological polar surface area (TPSA) is 76.7 Å². The summed E-state index contributed by atoms with van der Waals surface area (Å²) in [6.45, 7) is 1.80. The van der Waals surface area contributed by atoms with Crippen molar-refractivity contribution in [3.05, 3.63) is 86.7 Å². The summed E-state index contributed by atoms with van der Waals surface area (Å²) in [7, 11) is 0. The quantitative estimate of drug-likeness (QED) is 0.290. The van der Waals surface area contributed by atoms with Gasteiger partial charge in [-0.05, 0) is 30.7 Å². The lowest BCUT2D eigenvalue weighted by Gasteiger charge is -2.17. The monoisotopic (exact) mass is 440 g/mol. The van der Waals surface area contributed by atoms with Crippen LogP contribution in [0, 0.1) is 0 Å². The van der Waals surface area contributed by atoms with Gasteiger partial charge < -0.3 is 14.3 Å². The van der Waals surface area contributed by atoms with Crippen LogP contribution in [0.15, 0.2) is 70.1 Å². The van der Waals surface area contributed by atoms with E-state index in [1.165, 1.54) is 24.5 Å². The van der Waals surface area contributed by atoms with Crippen LogP contribution < -0.4 is 10.2 Å². The highest BCUT2D eigenvalue weighted by molar-refractivity contribution is 6.33. The van der Waals surface area contributed by atoms with Crippen molar-refractivity contribution < 1.29 is 19.1 Å². The minimum absolute atomic E-state index is 0.00485. The van der Waals surface area contributed by atoms with E-state index in [-0.39, 0.29) is 16.3 Å². The Morgan fingerprint density at radius 2 is 1.83 bits per heavy atom. The molecular formula is C23H14Cl2O5. The lowest BCUT2D eigenvalue weighted by atomic mass is 9.91. The highest BCUT2D eigenvalue weighted by Crippen LogP contribution is 2.44. The first-order valence-corrected chi connectivity index (χ1v) is 9.66. The summed E-state index contributed by atoms with van der Waals surface area (Å²) in [6, 6.07) is 12.6. The summed E-state index contributed by atoms with van der Waals surface area (Å²) in [5.74, 6) is -0.455. The number of halogens is 2. The molecule has 0 unspecified atom stereocenters. The number of carboxylic acid groups (broad SMARTS) is 1. The van der Waals surface area contributed by atoms with Crippen molar-refractivity contribution in [2.75, 3.05) is 0 Å². The number of carboxylic acids is 1. The molecule has 30 heavy (non-hydrogen) atoms. The second kappa shape index (κ2) is 7.86. The summed E-state index contributed by atoms with van der Waals surface area (Å²) in [6.07, 6.45) is 3.18. The molecule has 0 aromatic heterocycles. The van der Waals surface area contributed by atoms with E-state index in [1.54, 1.807) is 43.3 Å². The van der Waals surface area contributed by atoms with Crippen LogP contribution >= 0.6 is 23.2 Å². The molecule has 1 heterocycles. The van der Waals surface area contributed by atoms with E-state index in [2.05, 4.69) is 0 Å². The van der Waals surface area contributed by atoms with E-state index in [4.69, 9.17) is 32.4 Å². The van der Waals surface area contributed by atoms with Crippen LogP contribution in [0.3, 0.4) is 0 Å². The molecule has 5 nitrogen and oxygen atoms in total. The second-order valence-electron chi connectivity index (χ2n) is 6.47. The summed E-state index contributed by atoms with van der Waals surface area (Å²) < 4.78 is 11.5. The molecular weight excluding hydrogens is 427 g/mol. The van der Waals surface area contributed by atoms with Gasteiger partial charge in [-0.2, -0.15) is 0 Å². The minimum Gasteiger partial charge on any atom is -0.478 e. The molecule has 0 saturated heterocycles. The van der Waals surface area contributed by atoms with Gasteiger partial charge in [0.05, 0.1) is 21.9 Å². The number of rotatable bonds is 4. The number of benzene rings is 3. The Morgan fingerprint density at radius 3 is 2.57 bits per heavy atom. The second-order valence-corrected chi connectivity index (χ2v) is 7.29. The Balaban J connectivity index is 2.18. The number of ether oxygens (including phenoxy) is 1. The molecule has 0 bridgehead atoms. The Kier molecular flexibility index (Phi) is 5.24. The molecule has 0 amide bonds. The molecule has 7 heteroatoms. The van der Waals surface area contributed by atoms with Crippen LogP contribution in [-0.2, 0) is 0 Å². The Bertz CT molecular complexity index is 1350. The largest absolute Gasteiger partial charge is 0.478 e. The lowest BCUT2D eigenvalue weighted by Crippen LogP contribution is -2.04. The van der Waals surface area contributed by atoms with Crippen LogP contribution in [0.2, 0.25) is 10.0 Å². The molecule has 0 radical (unpaired) electrons. The maximum absolute atomic E-state index is 12.1. The highest BCUT2D eigenvalue weighted by atomic mass is 35.5. The van der Waals surface area contributed by atoms with Gasteiger partial charge in [0.1, 0.15) is 17.1 Å². The van der Waals surface area contributed by atoms with Gasteiger partial charge in [-0.15, -0.1) is 0 Å². The zero-order valence-corrected chi connectivity index (χ0v) is 17.1. The van der Waals surface area contributed by atoms with Crippen molar-refractivity contribution in [2.45, 2.75) is 6.92 Å². The number of aromatic carboxylic acids is 1. The first-order valence-electron chi connectivity index (χ1n) is 8.91. The van der Waals surface area contributed by atoms with Crippen molar-refractivity contribution in [1.82, 2.24) is 0 Å². The molecule has 150 valence electrons. The number of allylic oxidation sites excluding steroid dienone is 1. The van der Waals surface area contributed by atoms with Crippen LogP contribution in [0.25, 0.3) is 33.4 Å². The fraction of sp³-hybridized carbons (Fsp3) is 0.0435. The van der Waals surface area contributed by atoms with Gasteiger partial charge in [-0.25, -0.2) is 4.79 Å².